The molecule has 0 fully saturated rings. The first-order valence-electron chi connectivity index (χ1n) is 7.40. The molecule has 2 aromatic rings. The molecule has 1 aliphatic carbocycles. The van der Waals surface area contributed by atoms with E-state index in [2.05, 4.69) is 10.5 Å². The number of nitrogens with zero attached hydrogens (tertiary/aromatic N) is 1. The van der Waals surface area contributed by atoms with Gasteiger partial charge >= 0.3 is 0 Å². The number of aryl methyl sites for hydroxylation is 1. The molecule has 1 N–H and O–H groups in total. The molecule has 22 heavy (non-hydrogen) atoms. The van der Waals surface area contributed by atoms with Crippen molar-refractivity contribution in [2.45, 2.75) is 32.1 Å². The van der Waals surface area contributed by atoms with Gasteiger partial charge in [0.05, 0.1) is 11.3 Å². The highest BCUT2D eigenvalue weighted by Gasteiger charge is 2.38. The van der Waals surface area contributed by atoms with Gasteiger partial charge in [-0.15, -0.1) is 0 Å². The Hall–Kier alpha value is -2.43. The number of carbonyl (C=O) groups excluding carboxylic acids is 1. The standard InChI is InChI=1S/C17H15FN2O2/c1-9-14-15(10-5-7-11(18)8-6-10)16-12(3-2-4-13(16)21)19-17(14)22-20-9/h5-8,15,19H,2-4H2,1H3. The van der Waals surface area contributed by atoms with Gasteiger partial charge in [-0.3, -0.25) is 4.79 Å². The molecule has 1 aliphatic heterocycles. The molecule has 0 bridgehead atoms. The van der Waals surface area contributed by atoms with Gasteiger partial charge in [0.25, 0.3) is 0 Å². The van der Waals surface area contributed by atoms with E-state index in [9.17, 15) is 9.18 Å². The highest BCUT2D eigenvalue weighted by Crippen LogP contribution is 2.46. The minimum absolute atomic E-state index is 0.148. The topological polar surface area (TPSA) is 55.1 Å². The third kappa shape index (κ3) is 1.89. The van der Waals surface area contributed by atoms with Crippen LogP contribution < -0.4 is 5.32 Å². The van der Waals surface area contributed by atoms with Crippen molar-refractivity contribution in [1.82, 2.24) is 5.16 Å². The quantitative estimate of drug-likeness (QED) is 0.872. The van der Waals surface area contributed by atoms with Crippen LogP contribution in [-0.2, 0) is 4.79 Å². The van der Waals surface area contributed by atoms with Crippen LogP contribution in [-0.4, -0.2) is 10.9 Å². The van der Waals surface area contributed by atoms with Crippen molar-refractivity contribution in [2.24, 2.45) is 0 Å². The lowest BCUT2D eigenvalue weighted by atomic mass is 9.76. The SMILES string of the molecule is Cc1noc2c1C(c1ccc(F)cc1)C1=C(CCCC1=O)N2. The summed E-state index contributed by atoms with van der Waals surface area (Å²) in [6.07, 6.45) is 2.21. The van der Waals surface area contributed by atoms with Crippen molar-refractivity contribution >= 4 is 11.7 Å². The summed E-state index contributed by atoms with van der Waals surface area (Å²) in [4.78, 5) is 12.5. The van der Waals surface area contributed by atoms with Crippen molar-refractivity contribution in [1.29, 1.82) is 0 Å². The number of benzene rings is 1. The van der Waals surface area contributed by atoms with E-state index in [1.54, 1.807) is 12.1 Å². The van der Waals surface area contributed by atoms with E-state index in [0.29, 0.717) is 12.3 Å². The van der Waals surface area contributed by atoms with Crippen molar-refractivity contribution in [3.05, 3.63) is 58.2 Å². The Balaban J connectivity index is 1.94. The van der Waals surface area contributed by atoms with Crippen LogP contribution in [0.3, 0.4) is 0 Å². The number of carbonyl (C=O) groups is 1. The third-order valence-corrected chi connectivity index (χ3v) is 4.41. The molecule has 4 rings (SSSR count). The summed E-state index contributed by atoms with van der Waals surface area (Å²) in [7, 11) is 0. The molecule has 1 atom stereocenters. The lowest BCUT2D eigenvalue weighted by Gasteiger charge is -2.31. The van der Waals surface area contributed by atoms with E-state index in [0.717, 1.165) is 40.9 Å². The highest BCUT2D eigenvalue weighted by atomic mass is 19.1. The number of fused-ring (bicyclic) bond motifs is 1. The molecule has 2 aliphatic rings. The van der Waals surface area contributed by atoms with Gasteiger partial charge < -0.3 is 9.84 Å². The van der Waals surface area contributed by atoms with E-state index in [-0.39, 0.29) is 17.5 Å². The first-order valence-corrected chi connectivity index (χ1v) is 7.40. The molecule has 1 aromatic carbocycles. The molecule has 0 amide bonds. The number of anilines is 1. The van der Waals surface area contributed by atoms with Crippen LogP contribution in [0.4, 0.5) is 10.3 Å². The number of rotatable bonds is 1. The van der Waals surface area contributed by atoms with E-state index in [1.807, 2.05) is 6.92 Å². The summed E-state index contributed by atoms with van der Waals surface area (Å²) < 4.78 is 18.6. The Bertz CT molecular complexity index is 789. The number of nitrogens with one attached hydrogen (secondary N) is 1. The van der Waals surface area contributed by atoms with E-state index in [4.69, 9.17) is 4.52 Å². The smallest absolute Gasteiger partial charge is 0.233 e. The highest BCUT2D eigenvalue weighted by molar-refractivity contribution is 6.00. The van der Waals surface area contributed by atoms with Crippen LogP contribution >= 0.6 is 0 Å². The van der Waals surface area contributed by atoms with Crippen molar-refractivity contribution < 1.29 is 13.7 Å². The number of allylic oxidation sites excluding steroid dienone is 2. The van der Waals surface area contributed by atoms with Crippen LogP contribution in [0.1, 0.15) is 42.0 Å². The maximum Gasteiger partial charge on any atom is 0.233 e. The van der Waals surface area contributed by atoms with Crippen molar-refractivity contribution in [3.63, 3.8) is 0 Å². The fourth-order valence-corrected chi connectivity index (χ4v) is 3.41. The lowest BCUT2D eigenvalue weighted by molar-refractivity contribution is -0.116. The molecule has 4 nitrogen and oxygen atoms in total. The zero-order valence-electron chi connectivity index (χ0n) is 12.1. The Morgan fingerprint density at radius 1 is 1.27 bits per heavy atom. The van der Waals surface area contributed by atoms with Gasteiger partial charge in [0.2, 0.25) is 5.88 Å². The van der Waals surface area contributed by atoms with Gasteiger partial charge in [0, 0.05) is 23.6 Å². The summed E-state index contributed by atoms with van der Waals surface area (Å²) in [5.41, 5.74) is 4.20. The van der Waals surface area contributed by atoms with Crippen LogP contribution in [0.2, 0.25) is 0 Å². The summed E-state index contributed by atoms with van der Waals surface area (Å²) in [5, 5.41) is 7.24. The second-order valence-electron chi connectivity index (χ2n) is 5.79. The summed E-state index contributed by atoms with van der Waals surface area (Å²) in [6, 6.07) is 6.31. The first kappa shape index (κ1) is 13.2. The number of aromatic nitrogens is 1. The lowest BCUT2D eigenvalue weighted by Crippen LogP contribution is -2.26. The van der Waals surface area contributed by atoms with Crippen LogP contribution in [0.25, 0.3) is 0 Å². The summed E-state index contributed by atoms with van der Waals surface area (Å²) >= 11 is 0. The monoisotopic (exact) mass is 298 g/mol. The Kier molecular flexibility index (Phi) is 2.89. The molecule has 1 aromatic heterocycles. The maximum atomic E-state index is 13.3. The molecule has 0 spiro atoms. The molecule has 0 saturated heterocycles. The van der Waals surface area contributed by atoms with E-state index < -0.39 is 0 Å². The fourth-order valence-electron chi connectivity index (χ4n) is 3.41. The average Bonchev–Trinajstić information content (AvgIpc) is 2.88. The minimum atomic E-state index is -0.288. The van der Waals surface area contributed by atoms with Crippen molar-refractivity contribution in [2.75, 3.05) is 5.32 Å². The molecule has 0 radical (unpaired) electrons. The maximum absolute atomic E-state index is 13.3. The zero-order valence-corrected chi connectivity index (χ0v) is 12.1. The number of ketones is 1. The number of Topliss-reactive ketones (excluding diaryl/α,β-unsaturated/α-hetero) is 1. The summed E-state index contributed by atoms with van der Waals surface area (Å²) in [5.74, 6) is 0.227. The van der Waals surface area contributed by atoms with Crippen LogP contribution in [0.15, 0.2) is 40.1 Å². The van der Waals surface area contributed by atoms with Crippen LogP contribution in [0.5, 0.6) is 0 Å². The van der Waals surface area contributed by atoms with Gasteiger partial charge in [-0.2, -0.15) is 0 Å². The van der Waals surface area contributed by atoms with Gasteiger partial charge in [0.1, 0.15) is 5.82 Å². The molecule has 5 heteroatoms. The van der Waals surface area contributed by atoms with Gasteiger partial charge in [-0.25, -0.2) is 4.39 Å². The van der Waals surface area contributed by atoms with Gasteiger partial charge in [-0.05, 0) is 37.5 Å². The first-order chi connectivity index (χ1) is 10.6. The van der Waals surface area contributed by atoms with Gasteiger partial charge in [-0.1, -0.05) is 17.3 Å². The molecular formula is C17H15FN2O2. The van der Waals surface area contributed by atoms with E-state index in [1.165, 1.54) is 12.1 Å². The molecule has 0 saturated carbocycles. The predicted molar refractivity (Wildman–Crippen MR) is 79.0 cm³/mol. The zero-order chi connectivity index (χ0) is 15.3. The molecule has 1 unspecified atom stereocenters. The Morgan fingerprint density at radius 2 is 2.05 bits per heavy atom. The molecular weight excluding hydrogens is 283 g/mol. The second kappa shape index (κ2) is 4.80. The summed E-state index contributed by atoms with van der Waals surface area (Å²) in [6.45, 7) is 1.86. The molecule has 112 valence electrons. The fraction of sp³-hybridized carbons (Fsp3) is 0.294. The largest absolute Gasteiger partial charge is 0.338 e. The Morgan fingerprint density at radius 3 is 2.82 bits per heavy atom. The second-order valence-corrected chi connectivity index (χ2v) is 5.79. The van der Waals surface area contributed by atoms with E-state index >= 15 is 0 Å². The van der Waals surface area contributed by atoms with Gasteiger partial charge in [0.15, 0.2) is 5.78 Å². The number of halogens is 1. The molecule has 2 heterocycles. The Labute approximate surface area is 127 Å². The number of hydrogen-bond donors (Lipinski definition) is 1. The normalized spacial score (nSPS) is 20.5. The predicted octanol–water partition coefficient (Wildman–Crippen LogP) is 3.69. The number of hydrogen-bond acceptors (Lipinski definition) is 4. The van der Waals surface area contributed by atoms with Crippen LogP contribution in [0, 0.1) is 12.7 Å². The average molecular weight is 298 g/mol. The minimum Gasteiger partial charge on any atom is -0.338 e. The third-order valence-electron chi connectivity index (χ3n) is 4.41. The van der Waals surface area contributed by atoms with Crippen molar-refractivity contribution in [3.8, 4) is 0 Å².